The number of hydrogen-bond donors (Lipinski definition) is 1. The van der Waals surface area contributed by atoms with Gasteiger partial charge in [0.05, 0.1) is 25.0 Å². The molecule has 1 atom stereocenters. The molecule has 0 bridgehead atoms. The minimum absolute atomic E-state index is 0.0254. The lowest BCUT2D eigenvalue weighted by Gasteiger charge is -2.34. The van der Waals surface area contributed by atoms with Gasteiger partial charge in [0.1, 0.15) is 0 Å². The Kier molecular flexibility index (Phi) is 3.43. The maximum atomic E-state index is 6.53. The standard InChI is InChI=1S/C13H23N3O/c1-4-13(7-5-6-8-13)12(14)11-10(17-3)9-15-16(11)2/h9,12H,4-8,14H2,1-3H3. The number of hydrogen-bond acceptors (Lipinski definition) is 3. The van der Waals surface area contributed by atoms with Gasteiger partial charge < -0.3 is 10.5 Å². The summed E-state index contributed by atoms with van der Waals surface area (Å²) >= 11 is 0. The van der Waals surface area contributed by atoms with Gasteiger partial charge in [-0.1, -0.05) is 19.8 Å². The summed E-state index contributed by atoms with van der Waals surface area (Å²) in [5, 5.41) is 4.26. The summed E-state index contributed by atoms with van der Waals surface area (Å²) in [7, 11) is 3.62. The van der Waals surface area contributed by atoms with Crippen molar-refractivity contribution >= 4 is 0 Å². The van der Waals surface area contributed by atoms with Crippen LogP contribution in [0.4, 0.5) is 0 Å². The molecule has 96 valence electrons. The number of nitrogens with two attached hydrogens (primary N) is 1. The molecule has 1 aromatic heterocycles. The lowest BCUT2D eigenvalue weighted by molar-refractivity contribution is 0.210. The fourth-order valence-corrected chi connectivity index (χ4v) is 3.19. The van der Waals surface area contributed by atoms with Crippen LogP contribution in [0, 0.1) is 5.41 Å². The minimum Gasteiger partial charge on any atom is -0.493 e. The average Bonchev–Trinajstić information content (AvgIpc) is 2.95. The Balaban J connectivity index is 2.35. The second kappa shape index (κ2) is 4.69. The molecule has 2 N–H and O–H groups in total. The van der Waals surface area contributed by atoms with E-state index in [2.05, 4.69) is 12.0 Å². The summed E-state index contributed by atoms with van der Waals surface area (Å²) in [5.74, 6) is 0.819. The van der Waals surface area contributed by atoms with Crippen LogP contribution in [-0.2, 0) is 7.05 Å². The van der Waals surface area contributed by atoms with Crippen LogP contribution in [0.25, 0.3) is 0 Å². The molecule has 1 aromatic rings. The number of nitrogens with zero attached hydrogens (tertiary/aromatic N) is 2. The van der Waals surface area contributed by atoms with Gasteiger partial charge in [-0.2, -0.15) is 5.10 Å². The maximum absolute atomic E-state index is 6.53. The quantitative estimate of drug-likeness (QED) is 0.875. The van der Waals surface area contributed by atoms with E-state index in [0.29, 0.717) is 0 Å². The maximum Gasteiger partial charge on any atom is 0.161 e. The van der Waals surface area contributed by atoms with Gasteiger partial charge in [0.25, 0.3) is 0 Å². The molecule has 4 heteroatoms. The molecule has 2 rings (SSSR count). The van der Waals surface area contributed by atoms with E-state index in [4.69, 9.17) is 10.5 Å². The molecule has 1 saturated carbocycles. The topological polar surface area (TPSA) is 53.1 Å². The van der Waals surface area contributed by atoms with Crippen molar-refractivity contribution in [2.24, 2.45) is 18.2 Å². The van der Waals surface area contributed by atoms with Gasteiger partial charge in [-0.15, -0.1) is 0 Å². The van der Waals surface area contributed by atoms with E-state index < -0.39 is 0 Å². The van der Waals surface area contributed by atoms with Gasteiger partial charge in [0, 0.05) is 7.05 Å². The molecule has 0 amide bonds. The van der Waals surface area contributed by atoms with Crippen LogP contribution >= 0.6 is 0 Å². The number of methoxy groups -OCH3 is 1. The predicted molar refractivity (Wildman–Crippen MR) is 67.9 cm³/mol. The highest BCUT2D eigenvalue weighted by atomic mass is 16.5. The lowest BCUT2D eigenvalue weighted by atomic mass is 9.75. The SMILES string of the molecule is CCC1(C(N)c2c(OC)cnn2C)CCCC1. The zero-order valence-corrected chi connectivity index (χ0v) is 11.1. The Labute approximate surface area is 103 Å². The molecule has 1 heterocycles. The van der Waals surface area contributed by atoms with Crippen molar-refractivity contribution in [2.45, 2.75) is 45.1 Å². The highest BCUT2D eigenvalue weighted by molar-refractivity contribution is 5.29. The van der Waals surface area contributed by atoms with Crippen LogP contribution in [0.2, 0.25) is 0 Å². The molecule has 17 heavy (non-hydrogen) atoms. The van der Waals surface area contributed by atoms with Gasteiger partial charge >= 0.3 is 0 Å². The van der Waals surface area contributed by atoms with Crippen LogP contribution in [-0.4, -0.2) is 16.9 Å². The monoisotopic (exact) mass is 237 g/mol. The number of aromatic nitrogens is 2. The third kappa shape index (κ3) is 1.95. The molecular weight excluding hydrogens is 214 g/mol. The van der Waals surface area contributed by atoms with E-state index in [-0.39, 0.29) is 11.5 Å². The molecule has 1 fully saturated rings. The van der Waals surface area contributed by atoms with Crippen LogP contribution < -0.4 is 10.5 Å². The zero-order valence-electron chi connectivity index (χ0n) is 11.1. The van der Waals surface area contributed by atoms with Gasteiger partial charge in [-0.05, 0) is 24.7 Å². The van der Waals surface area contributed by atoms with Crippen molar-refractivity contribution < 1.29 is 4.74 Å². The highest BCUT2D eigenvalue weighted by Gasteiger charge is 2.41. The fraction of sp³-hybridized carbons (Fsp3) is 0.769. The summed E-state index contributed by atoms with van der Waals surface area (Å²) in [5.41, 5.74) is 7.80. The van der Waals surface area contributed by atoms with Gasteiger partial charge in [0.15, 0.2) is 5.75 Å². The molecule has 1 unspecified atom stereocenters. The summed E-state index contributed by atoms with van der Waals surface area (Å²) < 4.78 is 7.23. The molecule has 0 spiro atoms. The van der Waals surface area contributed by atoms with Gasteiger partial charge in [0.2, 0.25) is 0 Å². The molecule has 0 saturated heterocycles. The summed E-state index contributed by atoms with van der Waals surface area (Å²) in [6, 6.07) is 0.0254. The summed E-state index contributed by atoms with van der Waals surface area (Å²) in [6.45, 7) is 2.24. The normalized spacial score (nSPS) is 20.5. The van der Waals surface area contributed by atoms with E-state index in [1.165, 1.54) is 25.7 Å². The van der Waals surface area contributed by atoms with E-state index in [1.807, 2.05) is 11.7 Å². The Morgan fingerprint density at radius 1 is 1.53 bits per heavy atom. The third-order valence-corrected chi connectivity index (χ3v) is 4.43. The van der Waals surface area contributed by atoms with Crippen LogP contribution in [0.1, 0.15) is 50.8 Å². The number of rotatable bonds is 4. The first-order valence-corrected chi connectivity index (χ1v) is 6.46. The second-order valence-electron chi connectivity index (χ2n) is 5.12. The minimum atomic E-state index is 0.0254. The smallest absolute Gasteiger partial charge is 0.161 e. The van der Waals surface area contributed by atoms with Crippen molar-refractivity contribution in [3.63, 3.8) is 0 Å². The first-order chi connectivity index (χ1) is 8.14. The Morgan fingerprint density at radius 3 is 2.71 bits per heavy atom. The van der Waals surface area contributed by atoms with E-state index in [9.17, 15) is 0 Å². The Hall–Kier alpha value is -1.03. The molecule has 0 radical (unpaired) electrons. The number of aryl methyl sites for hydroxylation is 1. The van der Waals surface area contributed by atoms with Crippen molar-refractivity contribution in [2.75, 3.05) is 7.11 Å². The summed E-state index contributed by atoms with van der Waals surface area (Å²) in [4.78, 5) is 0. The molecule has 4 nitrogen and oxygen atoms in total. The van der Waals surface area contributed by atoms with Gasteiger partial charge in [-0.3, -0.25) is 4.68 Å². The van der Waals surface area contributed by atoms with Crippen LogP contribution in [0.3, 0.4) is 0 Å². The van der Waals surface area contributed by atoms with Crippen molar-refractivity contribution in [3.8, 4) is 5.75 Å². The zero-order chi connectivity index (χ0) is 12.5. The molecule has 0 aliphatic heterocycles. The largest absolute Gasteiger partial charge is 0.493 e. The second-order valence-corrected chi connectivity index (χ2v) is 5.12. The highest BCUT2D eigenvalue weighted by Crippen LogP contribution is 2.50. The summed E-state index contributed by atoms with van der Waals surface area (Å²) in [6.07, 6.45) is 7.91. The molecular formula is C13H23N3O. The average molecular weight is 237 g/mol. The van der Waals surface area contributed by atoms with Crippen molar-refractivity contribution in [1.29, 1.82) is 0 Å². The van der Waals surface area contributed by atoms with Crippen LogP contribution in [0.5, 0.6) is 5.75 Å². The molecule has 0 aromatic carbocycles. The van der Waals surface area contributed by atoms with Crippen molar-refractivity contribution in [1.82, 2.24) is 9.78 Å². The molecule has 1 aliphatic rings. The lowest BCUT2D eigenvalue weighted by Crippen LogP contribution is -2.33. The Morgan fingerprint density at radius 2 is 2.18 bits per heavy atom. The Bertz CT molecular complexity index is 380. The third-order valence-electron chi connectivity index (χ3n) is 4.43. The van der Waals surface area contributed by atoms with E-state index in [1.54, 1.807) is 13.3 Å². The molecule has 1 aliphatic carbocycles. The van der Waals surface area contributed by atoms with Crippen LogP contribution in [0.15, 0.2) is 6.20 Å². The predicted octanol–water partition coefficient (Wildman–Crippen LogP) is 2.40. The van der Waals surface area contributed by atoms with E-state index >= 15 is 0 Å². The van der Waals surface area contributed by atoms with E-state index in [0.717, 1.165) is 17.9 Å². The van der Waals surface area contributed by atoms with Gasteiger partial charge in [-0.25, -0.2) is 0 Å². The number of ether oxygens (including phenoxy) is 1. The first-order valence-electron chi connectivity index (χ1n) is 6.46. The van der Waals surface area contributed by atoms with Crippen molar-refractivity contribution in [3.05, 3.63) is 11.9 Å². The first kappa shape index (κ1) is 12.4. The fourth-order valence-electron chi connectivity index (χ4n) is 3.19.